The number of pyridine rings is 1. The van der Waals surface area contributed by atoms with Gasteiger partial charge in [0.15, 0.2) is 0 Å². The third kappa shape index (κ3) is 3.63. The SMILES string of the molecule is C=CC(c1ccccc1)C(C(=O)N(C)C)c1ccc(Br)cn1. The van der Waals surface area contributed by atoms with Gasteiger partial charge in [0.1, 0.15) is 0 Å². The van der Waals surface area contributed by atoms with Gasteiger partial charge in [-0.15, -0.1) is 6.58 Å². The number of benzene rings is 1. The number of allylic oxidation sites excluding steroid dienone is 1. The molecule has 4 heteroatoms. The largest absolute Gasteiger partial charge is 0.348 e. The van der Waals surface area contributed by atoms with Crippen LogP contribution in [-0.2, 0) is 4.79 Å². The zero-order valence-corrected chi connectivity index (χ0v) is 14.3. The molecule has 1 aromatic heterocycles. The van der Waals surface area contributed by atoms with Gasteiger partial charge in [-0.3, -0.25) is 9.78 Å². The Morgan fingerprint density at radius 1 is 1.23 bits per heavy atom. The Morgan fingerprint density at radius 2 is 1.91 bits per heavy atom. The summed E-state index contributed by atoms with van der Waals surface area (Å²) in [6, 6.07) is 13.7. The smallest absolute Gasteiger partial charge is 0.232 e. The van der Waals surface area contributed by atoms with Gasteiger partial charge >= 0.3 is 0 Å². The quantitative estimate of drug-likeness (QED) is 0.757. The molecule has 2 unspecified atom stereocenters. The summed E-state index contributed by atoms with van der Waals surface area (Å²) in [5, 5.41) is 0. The summed E-state index contributed by atoms with van der Waals surface area (Å²) in [7, 11) is 3.53. The molecule has 0 saturated carbocycles. The number of carbonyl (C=O) groups is 1. The fraction of sp³-hybridized carbons (Fsp3) is 0.222. The molecule has 0 radical (unpaired) electrons. The van der Waals surface area contributed by atoms with Crippen LogP contribution >= 0.6 is 15.9 Å². The number of amides is 1. The Bertz CT molecular complexity index is 638. The van der Waals surface area contributed by atoms with Crippen LogP contribution in [0.5, 0.6) is 0 Å². The first-order valence-electron chi connectivity index (χ1n) is 7.04. The molecule has 22 heavy (non-hydrogen) atoms. The third-order valence-corrected chi connectivity index (χ3v) is 4.04. The van der Waals surface area contributed by atoms with E-state index in [0.717, 1.165) is 15.7 Å². The van der Waals surface area contributed by atoms with E-state index in [9.17, 15) is 4.79 Å². The molecule has 0 N–H and O–H groups in total. The number of likely N-dealkylation sites (N-methyl/N-ethyl adjacent to an activating group) is 1. The molecule has 1 amide bonds. The first-order valence-corrected chi connectivity index (χ1v) is 7.84. The van der Waals surface area contributed by atoms with Crippen molar-refractivity contribution in [3.8, 4) is 0 Å². The molecule has 2 rings (SSSR count). The predicted molar refractivity (Wildman–Crippen MR) is 92.8 cm³/mol. The molecule has 1 aromatic carbocycles. The minimum Gasteiger partial charge on any atom is -0.348 e. The lowest BCUT2D eigenvalue weighted by molar-refractivity contribution is -0.130. The fourth-order valence-electron chi connectivity index (χ4n) is 2.45. The second-order valence-electron chi connectivity index (χ2n) is 5.28. The van der Waals surface area contributed by atoms with Crippen molar-refractivity contribution in [2.24, 2.45) is 0 Å². The highest BCUT2D eigenvalue weighted by Gasteiger charge is 2.31. The molecule has 1 heterocycles. The van der Waals surface area contributed by atoms with E-state index < -0.39 is 0 Å². The first-order chi connectivity index (χ1) is 10.5. The van der Waals surface area contributed by atoms with Crippen LogP contribution in [0.2, 0.25) is 0 Å². The Kier molecular flexibility index (Phi) is 5.50. The van der Waals surface area contributed by atoms with E-state index in [-0.39, 0.29) is 17.7 Å². The lowest BCUT2D eigenvalue weighted by Crippen LogP contribution is -2.32. The van der Waals surface area contributed by atoms with Crippen LogP contribution in [-0.4, -0.2) is 29.9 Å². The molecule has 0 saturated heterocycles. The monoisotopic (exact) mass is 358 g/mol. The molecule has 2 atom stereocenters. The summed E-state index contributed by atoms with van der Waals surface area (Å²) in [5.41, 5.74) is 1.80. The molecule has 0 aliphatic heterocycles. The molecule has 0 aliphatic rings. The van der Waals surface area contributed by atoms with Crippen LogP contribution in [0, 0.1) is 0 Å². The van der Waals surface area contributed by atoms with E-state index in [1.807, 2.05) is 48.5 Å². The Balaban J connectivity index is 2.49. The second-order valence-corrected chi connectivity index (χ2v) is 6.20. The highest BCUT2D eigenvalue weighted by Crippen LogP contribution is 2.34. The van der Waals surface area contributed by atoms with Crippen LogP contribution in [0.15, 0.2) is 65.8 Å². The predicted octanol–water partition coefficient (Wildman–Crippen LogP) is 3.99. The third-order valence-electron chi connectivity index (χ3n) is 3.57. The highest BCUT2D eigenvalue weighted by atomic mass is 79.9. The zero-order chi connectivity index (χ0) is 16.1. The topological polar surface area (TPSA) is 33.2 Å². The van der Waals surface area contributed by atoms with Gasteiger partial charge in [0.05, 0.1) is 11.6 Å². The number of aromatic nitrogens is 1. The van der Waals surface area contributed by atoms with Crippen molar-refractivity contribution < 1.29 is 4.79 Å². The van der Waals surface area contributed by atoms with Crippen molar-refractivity contribution in [1.29, 1.82) is 0 Å². The lowest BCUT2D eigenvalue weighted by atomic mass is 9.82. The summed E-state index contributed by atoms with van der Waals surface area (Å²) in [6.45, 7) is 3.94. The van der Waals surface area contributed by atoms with Gasteiger partial charge in [-0.05, 0) is 33.6 Å². The van der Waals surface area contributed by atoms with Crippen LogP contribution in [0.1, 0.15) is 23.1 Å². The van der Waals surface area contributed by atoms with Crippen LogP contribution < -0.4 is 0 Å². The van der Waals surface area contributed by atoms with Gasteiger partial charge in [-0.1, -0.05) is 36.4 Å². The molecule has 0 fully saturated rings. The van der Waals surface area contributed by atoms with Crippen LogP contribution in [0.3, 0.4) is 0 Å². The maximum Gasteiger partial charge on any atom is 0.232 e. The molecule has 0 aliphatic carbocycles. The summed E-state index contributed by atoms with van der Waals surface area (Å²) < 4.78 is 0.891. The summed E-state index contributed by atoms with van der Waals surface area (Å²) in [5.74, 6) is -0.489. The van der Waals surface area contributed by atoms with Gasteiger partial charge in [0.25, 0.3) is 0 Å². The van der Waals surface area contributed by atoms with Gasteiger partial charge < -0.3 is 4.90 Å². The summed E-state index contributed by atoms with van der Waals surface area (Å²) in [6.07, 6.45) is 3.54. The van der Waals surface area contributed by atoms with E-state index in [1.54, 1.807) is 25.2 Å². The van der Waals surface area contributed by atoms with Crippen LogP contribution in [0.25, 0.3) is 0 Å². The van der Waals surface area contributed by atoms with E-state index in [4.69, 9.17) is 0 Å². The molecule has 2 aromatic rings. The van der Waals surface area contributed by atoms with Gasteiger partial charge in [0, 0.05) is 30.7 Å². The number of rotatable bonds is 5. The number of carbonyl (C=O) groups excluding carboxylic acids is 1. The summed E-state index contributed by atoms with van der Waals surface area (Å²) in [4.78, 5) is 18.8. The van der Waals surface area contributed by atoms with Gasteiger partial charge in [-0.25, -0.2) is 0 Å². The van der Waals surface area contributed by atoms with Crippen molar-refractivity contribution >= 4 is 21.8 Å². The molecular weight excluding hydrogens is 340 g/mol. The second kappa shape index (κ2) is 7.36. The Morgan fingerprint density at radius 3 is 2.41 bits per heavy atom. The number of nitrogens with zero attached hydrogens (tertiary/aromatic N) is 2. The molecular formula is C18H19BrN2O. The van der Waals surface area contributed by atoms with Crippen molar-refractivity contribution in [3.05, 3.63) is 77.0 Å². The normalized spacial score (nSPS) is 13.2. The molecule has 0 bridgehead atoms. The summed E-state index contributed by atoms with van der Waals surface area (Å²) >= 11 is 3.38. The lowest BCUT2D eigenvalue weighted by Gasteiger charge is -2.26. The average Bonchev–Trinajstić information content (AvgIpc) is 2.53. The number of hydrogen-bond acceptors (Lipinski definition) is 2. The highest BCUT2D eigenvalue weighted by molar-refractivity contribution is 9.10. The maximum absolute atomic E-state index is 12.7. The molecule has 3 nitrogen and oxygen atoms in total. The van der Waals surface area contributed by atoms with Crippen LogP contribution in [0.4, 0.5) is 0 Å². The van der Waals surface area contributed by atoms with E-state index in [0.29, 0.717) is 0 Å². The van der Waals surface area contributed by atoms with E-state index in [1.165, 1.54) is 0 Å². The number of halogens is 1. The first kappa shape index (κ1) is 16.4. The van der Waals surface area contributed by atoms with E-state index >= 15 is 0 Å². The molecule has 0 spiro atoms. The van der Waals surface area contributed by atoms with Crippen molar-refractivity contribution in [2.45, 2.75) is 11.8 Å². The minimum atomic E-state index is -0.386. The Hall–Kier alpha value is -1.94. The minimum absolute atomic E-state index is 0.0172. The zero-order valence-electron chi connectivity index (χ0n) is 12.7. The maximum atomic E-state index is 12.7. The fourth-order valence-corrected chi connectivity index (χ4v) is 2.69. The molecule has 114 valence electrons. The van der Waals surface area contributed by atoms with Crippen molar-refractivity contribution in [1.82, 2.24) is 9.88 Å². The van der Waals surface area contributed by atoms with Crippen molar-refractivity contribution in [2.75, 3.05) is 14.1 Å². The van der Waals surface area contributed by atoms with Crippen molar-refractivity contribution in [3.63, 3.8) is 0 Å². The average molecular weight is 359 g/mol. The van der Waals surface area contributed by atoms with E-state index in [2.05, 4.69) is 27.5 Å². The standard InChI is InChI=1S/C18H19BrN2O/c1-4-15(13-8-6-5-7-9-13)17(18(22)21(2)3)16-11-10-14(19)12-20-16/h4-12,15,17H,1H2,2-3H3. The Labute approximate surface area is 139 Å². The number of hydrogen-bond donors (Lipinski definition) is 0. The van der Waals surface area contributed by atoms with Gasteiger partial charge in [0.2, 0.25) is 5.91 Å². The van der Waals surface area contributed by atoms with Gasteiger partial charge in [-0.2, -0.15) is 0 Å².